The number of H-pyrrole nitrogens is 2. The second kappa shape index (κ2) is 5.13. The number of likely N-dealkylation sites (tertiary alicyclic amines) is 1. The van der Waals surface area contributed by atoms with E-state index in [4.69, 9.17) is 0 Å². The van der Waals surface area contributed by atoms with Gasteiger partial charge in [-0.1, -0.05) is 6.92 Å². The van der Waals surface area contributed by atoms with Gasteiger partial charge in [0.25, 0.3) is 5.56 Å². The molecule has 1 unspecified atom stereocenters. The van der Waals surface area contributed by atoms with E-state index in [0.717, 1.165) is 5.56 Å². The Balaban J connectivity index is 1.84. The minimum Gasteiger partial charge on any atom is -0.389 e. The summed E-state index contributed by atoms with van der Waals surface area (Å²) in [5, 5.41) is 20.2. The van der Waals surface area contributed by atoms with Gasteiger partial charge >= 0.3 is 0 Å². The third-order valence-corrected chi connectivity index (χ3v) is 4.60. The molecular weight excluding hydrogens is 292 g/mol. The monoisotopic (exact) mass is 310 g/mol. The predicted octanol–water partition coefficient (Wildman–Crippen LogP) is -0.523. The van der Waals surface area contributed by atoms with Gasteiger partial charge in [-0.25, -0.2) is 4.98 Å². The Bertz CT molecular complexity index is 713. The maximum Gasteiger partial charge on any atom is 0.275 e. The standard InChI is InChI=1S/C13H18N4O3S/c1-7(21)13(20)5-17(4-9(13)18)3-8-2-14-11-10(8)15-6-16-12(11)19/h2,6-7,9,14,18,20-21H,3-5H2,1H3,(H,15,16,19)/t7?,9-,13-/m0/s1. The summed E-state index contributed by atoms with van der Waals surface area (Å²) in [7, 11) is 0. The van der Waals surface area contributed by atoms with E-state index in [1.807, 2.05) is 4.90 Å². The minimum absolute atomic E-state index is 0.215. The van der Waals surface area contributed by atoms with Crippen molar-refractivity contribution in [2.24, 2.45) is 0 Å². The number of aromatic nitrogens is 3. The van der Waals surface area contributed by atoms with E-state index in [9.17, 15) is 15.0 Å². The van der Waals surface area contributed by atoms with E-state index in [2.05, 4.69) is 27.6 Å². The molecule has 0 spiro atoms. The van der Waals surface area contributed by atoms with Crippen LogP contribution in [0.4, 0.5) is 0 Å². The zero-order valence-electron chi connectivity index (χ0n) is 11.6. The minimum atomic E-state index is -1.22. The molecule has 7 nitrogen and oxygen atoms in total. The van der Waals surface area contributed by atoms with Gasteiger partial charge in [-0.3, -0.25) is 9.69 Å². The highest BCUT2D eigenvalue weighted by Crippen LogP contribution is 2.29. The normalized spacial score (nSPS) is 28.3. The second-order valence-corrected chi connectivity index (χ2v) is 6.40. The van der Waals surface area contributed by atoms with E-state index in [0.29, 0.717) is 30.7 Å². The highest BCUT2D eigenvalue weighted by atomic mass is 32.1. The summed E-state index contributed by atoms with van der Waals surface area (Å²) in [6.45, 7) is 2.95. The van der Waals surface area contributed by atoms with Crippen molar-refractivity contribution in [1.29, 1.82) is 0 Å². The van der Waals surface area contributed by atoms with Crippen LogP contribution in [0.15, 0.2) is 17.3 Å². The molecule has 3 atom stereocenters. The fourth-order valence-electron chi connectivity index (χ4n) is 2.83. The van der Waals surface area contributed by atoms with Crippen molar-refractivity contribution in [1.82, 2.24) is 19.9 Å². The van der Waals surface area contributed by atoms with Crippen molar-refractivity contribution < 1.29 is 10.2 Å². The lowest BCUT2D eigenvalue weighted by atomic mass is 9.97. The molecule has 21 heavy (non-hydrogen) atoms. The molecule has 0 aromatic carbocycles. The topological polar surface area (TPSA) is 105 Å². The third kappa shape index (κ3) is 2.38. The Morgan fingerprint density at radius 1 is 1.62 bits per heavy atom. The lowest BCUT2D eigenvalue weighted by Gasteiger charge is -2.29. The van der Waals surface area contributed by atoms with Crippen LogP contribution in [0.3, 0.4) is 0 Å². The predicted molar refractivity (Wildman–Crippen MR) is 81.4 cm³/mol. The molecular formula is C13H18N4O3S. The molecule has 1 saturated heterocycles. The van der Waals surface area contributed by atoms with Crippen LogP contribution in [-0.4, -0.2) is 60.1 Å². The van der Waals surface area contributed by atoms with Gasteiger partial charge in [0.15, 0.2) is 0 Å². The van der Waals surface area contributed by atoms with Crippen LogP contribution in [0.1, 0.15) is 12.5 Å². The highest BCUT2D eigenvalue weighted by molar-refractivity contribution is 7.81. The average Bonchev–Trinajstić information content (AvgIpc) is 2.95. The Morgan fingerprint density at radius 2 is 2.38 bits per heavy atom. The Kier molecular flexibility index (Phi) is 3.56. The third-order valence-electron chi connectivity index (χ3n) is 4.15. The number of rotatable bonds is 3. The number of fused-ring (bicyclic) bond motifs is 1. The second-order valence-electron chi connectivity index (χ2n) is 5.62. The van der Waals surface area contributed by atoms with Gasteiger partial charge in [0, 0.05) is 36.6 Å². The zero-order chi connectivity index (χ0) is 15.2. The van der Waals surface area contributed by atoms with Crippen LogP contribution in [0.2, 0.25) is 0 Å². The summed E-state index contributed by atoms with van der Waals surface area (Å²) >= 11 is 4.26. The van der Waals surface area contributed by atoms with Crippen LogP contribution in [0, 0.1) is 0 Å². The van der Waals surface area contributed by atoms with Crippen molar-refractivity contribution in [3.63, 3.8) is 0 Å². The molecule has 0 bridgehead atoms. The number of aromatic amines is 2. The quantitative estimate of drug-likeness (QED) is 0.491. The molecule has 3 heterocycles. The molecule has 2 aromatic rings. The number of β-amino-alcohol motifs (C(OH)–C–C–N with tert-alkyl or cyclic N) is 2. The Morgan fingerprint density at radius 3 is 3.05 bits per heavy atom. The Labute approximate surface area is 126 Å². The molecule has 8 heteroatoms. The highest BCUT2D eigenvalue weighted by Gasteiger charge is 2.47. The lowest BCUT2D eigenvalue weighted by molar-refractivity contribution is -0.0380. The van der Waals surface area contributed by atoms with Crippen LogP contribution in [0.25, 0.3) is 11.0 Å². The largest absolute Gasteiger partial charge is 0.389 e. The van der Waals surface area contributed by atoms with Gasteiger partial charge in [-0.05, 0) is 0 Å². The molecule has 0 amide bonds. The summed E-state index contributed by atoms with van der Waals surface area (Å²) in [6, 6.07) is 0. The molecule has 1 aliphatic heterocycles. The molecule has 0 saturated carbocycles. The SMILES string of the molecule is CC(S)[C@@]1(O)CN(Cc2c[nH]c3c(=O)[nH]cnc23)C[C@@H]1O. The first-order valence-electron chi connectivity index (χ1n) is 6.76. The summed E-state index contributed by atoms with van der Waals surface area (Å²) in [6.07, 6.45) is 2.26. The molecule has 3 rings (SSSR count). The summed E-state index contributed by atoms with van der Waals surface area (Å²) in [5.41, 5.74) is 0.473. The lowest BCUT2D eigenvalue weighted by Crippen LogP contribution is -2.48. The number of hydrogen-bond donors (Lipinski definition) is 5. The van der Waals surface area contributed by atoms with E-state index in [-0.39, 0.29) is 10.8 Å². The van der Waals surface area contributed by atoms with E-state index >= 15 is 0 Å². The summed E-state index contributed by atoms with van der Waals surface area (Å²) < 4.78 is 0. The van der Waals surface area contributed by atoms with Gasteiger partial charge in [0.1, 0.15) is 11.1 Å². The number of aliphatic hydroxyl groups excluding tert-OH is 1. The van der Waals surface area contributed by atoms with Crippen molar-refractivity contribution in [3.8, 4) is 0 Å². The van der Waals surface area contributed by atoms with Crippen molar-refractivity contribution in [2.75, 3.05) is 13.1 Å². The van der Waals surface area contributed by atoms with Crippen molar-refractivity contribution in [3.05, 3.63) is 28.4 Å². The van der Waals surface area contributed by atoms with Crippen LogP contribution in [-0.2, 0) is 6.54 Å². The van der Waals surface area contributed by atoms with Gasteiger partial charge in [-0.2, -0.15) is 12.6 Å². The molecule has 0 aliphatic carbocycles. The van der Waals surface area contributed by atoms with Crippen molar-refractivity contribution >= 4 is 23.7 Å². The Hall–Kier alpha value is -1.35. The molecule has 0 radical (unpaired) electrons. The molecule has 114 valence electrons. The number of aliphatic hydroxyl groups is 2. The number of hydrogen-bond acceptors (Lipinski definition) is 6. The summed E-state index contributed by atoms with van der Waals surface area (Å²) in [5.74, 6) is 0. The van der Waals surface area contributed by atoms with Crippen LogP contribution >= 0.6 is 12.6 Å². The van der Waals surface area contributed by atoms with Gasteiger partial charge in [0.05, 0.1) is 17.9 Å². The molecule has 2 aromatic heterocycles. The van der Waals surface area contributed by atoms with E-state index < -0.39 is 11.7 Å². The molecule has 1 aliphatic rings. The molecule has 1 fully saturated rings. The fraction of sp³-hybridized carbons (Fsp3) is 0.538. The number of nitrogens with one attached hydrogen (secondary N) is 2. The first-order valence-corrected chi connectivity index (χ1v) is 7.28. The average molecular weight is 310 g/mol. The smallest absolute Gasteiger partial charge is 0.275 e. The van der Waals surface area contributed by atoms with Gasteiger partial charge < -0.3 is 20.2 Å². The molecule has 4 N–H and O–H groups in total. The first-order chi connectivity index (χ1) is 9.91. The first kappa shape index (κ1) is 14.6. The zero-order valence-corrected chi connectivity index (χ0v) is 12.5. The van der Waals surface area contributed by atoms with Crippen LogP contribution < -0.4 is 5.56 Å². The van der Waals surface area contributed by atoms with Gasteiger partial charge in [-0.15, -0.1) is 0 Å². The number of nitrogens with zero attached hydrogens (tertiary/aromatic N) is 2. The number of thiol groups is 1. The van der Waals surface area contributed by atoms with E-state index in [1.165, 1.54) is 6.33 Å². The van der Waals surface area contributed by atoms with Gasteiger partial charge in [0.2, 0.25) is 0 Å². The fourth-order valence-corrected chi connectivity index (χ4v) is 3.08. The van der Waals surface area contributed by atoms with Crippen molar-refractivity contribution in [2.45, 2.75) is 30.4 Å². The maximum absolute atomic E-state index is 11.6. The summed E-state index contributed by atoms with van der Waals surface area (Å²) in [4.78, 5) is 23.2. The van der Waals surface area contributed by atoms with E-state index in [1.54, 1.807) is 13.1 Å². The van der Waals surface area contributed by atoms with Crippen LogP contribution in [0.5, 0.6) is 0 Å². The maximum atomic E-state index is 11.6.